The maximum Gasteiger partial charge on any atom is 0.263 e. The lowest BCUT2D eigenvalue weighted by atomic mass is 10.1. The first-order valence-electron chi connectivity index (χ1n) is 10.6. The molecule has 1 atom stereocenters. The largest absolute Gasteiger partial charge is 0.377 e. The molecule has 1 amide bonds. The van der Waals surface area contributed by atoms with Crippen molar-refractivity contribution in [3.63, 3.8) is 0 Å². The minimum absolute atomic E-state index is 0.125. The summed E-state index contributed by atoms with van der Waals surface area (Å²) in [5, 5.41) is 3.42. The number of ether oxygens (including phenoxy) is 1. The van der Waals surface area contributed by atoms with E-state index in [0.29, 0.717) is 46.3 Å². The Morgan fingerprint density at radius 1 is 1.25 bits per heavy atom. The van der Waals surface area contributed by atoms with Gasteiger partial charge in [-0.05, 0) is 25.0 Å². The highest BCUT2D eigenvalue weighted by Gasteiger charge is 2.38. The highest BCUT2D eigenvalue weighted by Crippen LogP contribution is 2.35. The zero-order chi connectivity index (χ0) is 22.4. The van der Waals surface area contributed by atoms with Gasteiger partial charge in [-0.1, -0.05) is 6.07 Å². The van der Waals surface area contributed by atoms with Crippen LogP contribution in [0.3, 0.4) is 0 Å². The highest BCUT2D eigenvalue weighted by molar-refractivity contribution is 6.13. The molecule has 1 saturated heterocycles. The van der Waals surface area contributed by atoms with Gasteiger partial charge in [-0.25, -0.2) is 9.97 Å². The summed E-state index contributed by atoms with van der Waals surface area (Å²) in [6.45, 7) is 1.52. The van der Waals surface area contributed by atoms with E-state index in [0.717, 1.165) is 19.4 Å². The fourth-order valence-corrected chi connectivity index (χ4v) is 4.61. The Balaban J connectivity index is 1.70. The first-order valence-corrected chi connectivity index (χ1v) is 10.6. The Morgan fingerprint density at radius 2 is 2.09 bits per heavy atom. The van der Waals surface area contributed by atoms with E-state index in [9.17, 15) is 9.59 Å². The van der Waals surface area contributed by atoms with Gasteiger partial charge < -0.3 is 19.9 Å². The normalized spacial score (nSPS) is 18.0. The van der Waals surface area contributed by atoms with Crippen molar-refractivity contribution in [3.8, 4) is 0 Å². The average molecular weight is 435 g/mol. The van der Waals surface area contributed by atoms with Crippen LogP contribution in [0.4, 0.5) is 17.5 Å². The van der Waals surface area contributed by atoms with Gasteiger partial charge in [0.1, 0.15) is 29.3 Å². The van der Waals surface area contributed by atoms with Crippen molar-refractivity contribution < 1.29 is 9.53 Å². The smallest absolute Gasteiger partial charge is 0.263 e. The van der Waals surface area contributed by atoms with Crippen LogP contribution in [0.2, 0.25) is 0 Å². The lowest BCUT2D eigenvalue weighted by molar-refractivity contribution is 0.0988. The number of para-hydroxylation sites is 1. The molecule has 1 N–H and O–H groups in total. The van der Waals surface area contributed by atoms with E-state index in [1.807, 2.05) is 6.07 Å². The van der Waals surface area contributed by atoms with Crippen molar-refractivity contribution in [2.75, 3.05) is 42.4 Å². The summed E-state index contributed by atoms with van der Waals surface area (Å²) in [6.07, 6.45) is 3.56. The van der Waals surface area contributed by atoms with Crippen LogP contribution in [0, 0.1) is 0 Å². The predicted octanol–water partition coefficient (Wildman–Crippen LogP) is 1.54. The number of rotatable bonds is 4. The maximum absolute atomic E-state index is 13.7. The maximum atomic E-state index is 13.7. The van der Waals surface area contributed by atoms with Gasteiger partial charge in [0.25, 0.3) is 11.5 Å². The van der Waals surface area contributed by atoms with Crippen LogP contribution in [0.15, 0.2) is 29.2 Å². The molecule has 0 saturated carbocycles. The summed E-state index contributed by atoms with van der Waals surface area (Å²) >= 11 is 0. The molecule has 2 aliphatic heterocycles. The summed E-state index contributed by atoms with van der Waals surface area (Å²) in [4.78, 5) is 44.3. The van der Waals surface area contributed by atoms with Crippen molar-refractivity contribution in [2.24, 2.45) is 7.05 Å². The first kappa shape index (κ1) is 20.4. The number of anilines is 3. The Labute approximate surface area is 184 Å². The van der Waals surface area contributed by atoms with Crippen LogP contribution < -0.4 is 20.7 Å². The van der Waals surface area contributed by atoms with Crippen molar-refractivity contribution in [2.45, 2.75) is 25.5 Å². The quantitative estimate of drug-likeness (QED) is 0.658. The van der Waals surface area contributed by atoms with E-state index in [2.05, 4.69) is 20.2 Å². The molecule has 0 bridgehead atoms. The molecule has 0 unspecified atom stereocenters. The molecule has 2 aliphatic rings. The minimum atomic E-state index is -0.194. The number of carbonyl (C=O) groups is 1. The molecule has 2 aromatic heterocycles. The molecule has 1 aromatic carbocycles. The number of nitrogens with zero attached hydrogens (tertiary/aromatic N) is 6. The number of hydrogen-bond donors (Lipinski definition) is 1. The third kappa shape index (κ3) is 3.10. The standard InChI is InChI=1S/C22H25N7O3/c1-23-22-24-10-15-19(26-22)28-9-5-6-13(28)11-29(21(15)31)16-8-4-7-14-18(16)25-17(12-32-3)27(2)20(14)30/h4,7-8,10,13H,5-6,9,11-12H2,1-3H3,(H,23,24,26)/t13-/m0/s1. The number of nitrogens with one attached hydrogen (secondary N) is 1. The van der Waals surface area contributed by atoms with Gasteiger partial charge in [0, 0.05) is 46.5 Å². The molecule has 10 nitrogen and oxygen atoms in total. The second-order valence-electron chi connectivity index (χ2n) is 8.08. The van der Waals surface area contributed by atoms with E-state index in [-0.39, 0.29) is 24.1 Å². The third-order valence-corrected chi connectivity index (χ3v) is 6.25. The molecule has 3 aromatic rings. The Morgan fingerprint density at radius 3 is 2.88 bits per heavy atom. The Hall–Kier alpha value is -3.53. The summed E-state index contributed by atoms with van der Waals surface area (Å²) in [5.41, 5.74) is 1.39. The fourth-order valence-electron chi connectivity index (χ4n) is 4.61. The Bertz CT molecular complexity index is 1270. The lowest BCUT2D eigenvalue weighted by Crippen LogP contribution is -2.40. The molecular formula is C22H25N7O3. The Kier molecular flexibility index (Phi) is 5.01. The zero-order valence-corrected chi connectivity index (χ0v) is 18.3. The topological polar surface area (TPSA) is 105 Å². The monoisotopic (exact) mass is 435 g/mol. The van der Waals surface area contributed by atoms with Crippen LogP contribution in [-0.2, 0) is 18.4 Å². The SMILES string of the molecule is CNc1ncc2c(n1)N1CCC[C@H]1CN(c1cccc3c(=O)n(C)c(COC)nc13)C2=O. The number of benzene rings is 1. The van der Waals surface area contributed by atoms with Crippen molar-refractivity contribution in [1.29, 1.82) is 0 Å². The molecule has 10 heteroatoms. The van der Waals surface area contributed by atoms with Gasteiger partial charge in [-0.2, -0.15) is 4.98 Å². The summed E-state index contributed by atoms with van der Waals surface area (Å²) in [5.74, 6) is 1.45. The van der Waals surface area contributed by atoms with Crippen LogP contribution >= 0.6 is 0 Å². The molecule has 4 heterocycles. The van der Waals surface area contributed by atoms with Gasteiger partial charge in [-0.3, -0.25) is 14.2 Å². The van der Waals surface area contributed by atoms with Crippen LogP contribution in [0.5, 0.6) is 0 Å². The van der Waals surface area contributed by atoms with Crippen molar-refractivity contribution in [3.05, 3.63) is 46.1 Å². The van der Waals surface area contributed by atoms with E-state index in [1.165, 1.54) is 4.57 Å². The van der Waals surface area contributed by atoms with E-state index in [1.54, 1.807) is 44.4 Å². The zero-order valence-electron chi connectivity index (χ0n) is 18.3. The van der Waals surface area contributed by atoms with Gasteiger partial charge in [0.15, 0.2) is 0 Å². The number of amides is 1. The van der Waals surface area contributed by atoms with Crippen LogP contribution in [0.25, 0.3) is 10.9 Å². The van der Waals surface area contributed by atoms with E-state index in [4.69, 9.17) is 9.72 Å². The molecule has 1 fully saturated rings. The molecule has 0 radical (unpaired) electrons. The molecule has 0 spiro atoms. The van der Waals surface area contributed by atoms with Crippen molar-refractivity contribution >= 4 is 34.3 Å². The number of hydrogen-bond acceptors (Lipinski definition) is 8. The van der Waals surface area contributed by atoms with Crippen molar-refractivity contribution in [1.82, 2.24) is 19.5 Å². The molecule has 0 aliphatic carbocycles. The molecular weight excluding hydrogens is 410 g/mol. The summed E-state index contributed by atoms with van der Waals surface area (Å²) in [7, 11) is 5.00. The van der Waals surface area contributed by atoms with Gasteiger partial charge in [0.05, 0.1) is 11.1 Å². The van der Waals surface area contributed by atoms with E-state index < -0.39 is 0 Å². The van der Waals surface area contributed by atoms with Crippen LogP contribution in [0.1, 0.15) is 29.0 Å². The van der Waals surface area contributed by atoms with Gasteiger partial charge in [-0.15, -0.1) is 0 Å². The second kappa shape index (κ2) is 7.86. The number of methoxy groups -OCH3 is 1. The first-order chi connectivity index (χ1) is 15.5. The number of fused-ring (bicyclic) bond motifs is 4. The highest BCUT2D eigenvalue weighted by atomic mass is 16.5. The van der Waals surface area contributed by atoms with Gasteiger partial charge in [0.2, 0.25) is 5.95 Å². The fraction of sp³-hybridized carbons (Fsp3) is 0.409. The predicted molar refractivity (Wildman–Crippen MR) is 121 cm³/mol. The number of aromatic nitrogens is 4. The van der Waals surface area contributed by atoms with E-state index >= 15 is 0 Å². The summed E-state index contributed by atoms with van der Waals surface area (Å²) < 4.78 is 6.72. The lowest BCUT2D eigenvalue weighted by Gasteiger charge is -2.27. The summed E-state index contributed by atoms with van der Waals surface area (Å²) in [6, 6.07) is 5.50. The number of carbonyl (C=O) groups excluding carboxylic acids is 1. The average Bonchev–Trinajstić information content (AvgIpc) is 3.24. The minimum Gasteiger partial charge on any atom is -0.377 e. The molecule has 166 valence electrons. The third-order valence-electron chi connectivity index (χ3n) is 6.25. The van der Waals surface area contributed by atoms with Gasteiger partial charge >= 0.3 is 0 Å². The molecule has 32 heavy (non-hydrogen) atoms. The van der Waals surface area contributed by atoms with Crippen LogP contribution in [-0.4, -0.2) is 58.7 Å². The second-order valence-corrected chi connectivity index (χ2v) is 8.08. The molecule has 5 rings (SSSR count).